The Balaban J connectivity index is 1.95. The molecule has 0 radical (unpaired) electrons. The standard InChI is InChI=1S/C13H14BrNO/c14-10-4-2-9(3-5-10)11-8-15-12(16)13(11)6-1-7-13/h2-5,11H,1,6-8H2,(H,15,16). The van der Waals surface area contributed by atoms with E-state index >= 15 is 0 Å². The summed E-state index contributed by atoms with van der Waals surface area (Å²) in [4.78, 5) is 11.9. The Morgan fingerprint density at radius 1 is 1.25 bits per heavy atom. The molecule has 0 bridgehead atoms. The molecule has 1 saturated heterocycles. The van der Waals surface area contributed by atoms with Gasteiger partial charge in [0.25, 0.3) is 0 Å². The quantitative estimate of drug-likeness (QED) is 0.842. The van der Waals surface area contributed by atoms with E-state index < -0.39 is 0 Å². The lowest BCUT2D eigenvalue weighted by Crippen LogP contribution is -2.40. The van der Waals surface area contributed by atoms with Crippen LogP contribution in [-0.2, 0) is 4.79 Å². The summed E-state index contributed by atoms with van der Waals surface area (Å²) in [6, 6.07) is 8.39. The Kier molecular flexibility index (Phi) is 2.32. The van der Waals surface area contributed by atoms with Gasteiger partial charge >= 0.3 is 0 Å². The Morgan fingerprint density at radius 3 is 2.50 bits per heavy atom. The van der Waals surface area contributed by atoms with Crippen molar-refractivity contribution in [2.75, 3.05) is 6.54 Å². The molecule has 1 aromatic rings. The molecule has 1 unspecified atom stereocenters. The molecule has 1 amide bonds. The van der Waals surface area contributed by atoms with E-state index in [1.165, 1.54) is 12.0 Å². The molecular weight excluding hydrogens is 266 g/mol. The molecule has 2 nitrogen and oxygen atoms in total. The van der Waals surface area contributed by atoms with Crippen LogP contribution in [0.4, 0.5) is 0 Å². The molecule has 1 N–H and O–H groups in total. The fourth-order valence-corrected chi connectivity index (χ4v) is 3.25. The predicted octanol–water partition coefficient (Wildman–Crippen LogP) is 2.83. The van der Waals surface area contributed by atoms with Crippen LogP contribution >= 0.6 is 15.9 Å². The molecule has 1 aliphatic carbocycles. The Morgan fingerprint density at radius 2 is 1.94 bits per heavy atom. The first-order chi connectivity index (χ1) is 7.72. The summed E-state index contributed by atoms with van der Waals surface area (Å²) in [6.07, 6.45) is 3.31. The second-order valence-corrected chi connectivity index (χ2v) is 5.74. The highest BCUT2D eigenvalue weighted by atomic mass is 79.9. The van der Waals surface area contributed by atoms with Crippen LogP contribution in [0.5, 0.6) is 0 Å². The second-order valence-electron chi connectivity index (χ2n) is 4.82. The van der Waals surface area contributed by atoms with Crippen LogP contribution in [0.15, 0.2) is 28.7 Å². The summed E-state index contributed by atoms with van der Waals surface area (Å²) in [6.45, 7) is 0.806. The van der Waals surface area contributed by atoms with Gasteiger partial charge in [0.1, 0.15) is 0 Å². The fraction of sp³-hybridized carbons (Fsp3) is 0.462. The highest BCUT2D eigenvalue weighted by Gasteiger charge is 2.54. The van der Waals surface area contributed by atoms with Gasteiger partial charge in [-0.15, -0.1) is 0 Å². The number of carbonyl (C=O) groups is 1. The van der Waals surface area contributed by atoms with Crippen LogP contribution in [0.2, 0.25) is 0 Å². The van der Waals surface area contributed by atoms with Gasteiger partial charge in [-0.05, 0) is 30.5 Å². The van der Waals surface area contributed by atoms with Crippen molar-refractivity contribution in [3.63, 3.8) is 0 Å². The van der Waals surface area contributed by atoms with Gasteiger partial charge in [0.05, 0.1) is 5.41 Å². The first kappa shape index (κ1) is 10.3. The van der Waals surface area contributed by atoms with E-state index in [0.29, 0.717) is 5.92 Å². The van der Waals surface area contributed by atoms with Gasteiger partial charge in [0.2, 0.25) is 5.91 Å². The van der Waals surface area contributed by atoms with E-state index in [1.54, 1.807) is 0 Å². The van der Waals surface area contributed by atoms with E-state index in [4.69, 9.17) is 0 Å². The molecule has 1 saturated carbocycles. The second kappa shape index (κ2) is 3.59. The fourth-order valence-electron chi connectivity index (χ4n) is 2.99. The number of carbonyl (C=O) groups excluding carboxylic acids is 1. The van der Waals surface area contributed by atoms with Gasteiger partial charge in [-0.1, -0.05) is 34.5 Å². The lowest BCUT2D eigenvalue weighted by molar-refractivity contribution is -0.132. The van der Waals surface area contributed by atoms with Crippen molar-refractivity contribution in [2.45, 2.75) is 25.2 Å². The Hall–Kier alpha value is -0.830. The highest BCUT2D eigenvalue weighted by Crippen LogP contribution is 2.54. The van der Waals surface area contributed by atoms with Crippen molar-refractivity contribution in [3.05, 3.63) is 34.3 Å². The number of hydrogen-bond acceptors (Lipinski definition) is 1. The lowest BCUT2D eigenvalue weighted by Gasteiger charge is -2.40. The van der Waals surface area contributed by atoms with E-state index in [-0.39, 0.29) is 11.3 Å². The molecule has 2 fully saturated rings. The van der Waals surface area contributed by atoms with Crippen molar-refractivity contribution < 1.29 is 4.79 Å². The van der Waals surface area contributed by atoms with Crippen LogP contribution in [0, 0.1) is 5.41 Å². The molecule has 1 heterocycles. The van der Waals surface area contributed by atoms with Crippen molar-refractivity contribution in [1.82, 2.24) is 5.32 Å². The highest BCUT2D eigenvalue weighted by molar-refractivity contribution is 9.10. The summed E-state index contributed by atoms with van der Waals surface area (Å²) >= 11 is 3.44. The maximum absolute atomic E-state index is 11.9. The average molecular weight is 280 g/mol. The third-order valence-electron chi connectivity index (χ3n) is 4.10. The average Bonchev–Trinajstić information content (AvgIpc) is 2.56. The molecule has 16 heavy (non-hydrogen) atoms. The van der Waals surface area contributed by atoms with E-state index in [9.17, 15) is 4.79 Å². The van der Waals surface area contributed by atoms with E-state index in [2.05, 4.69) is 45.5 Å². The number of hydrogen-bond donors (Lipinski definition) is 1. The smallest absolute Gasteiger partial charge is 0.226 e. The molecule has 3 rings (SSSR count). The first-order valence-electron chi connectivity index (χ1n) is 5.76. The monoisotopic (exact) mass is 279 g/mol. The minimum absolute atomic E-state index is 0.0756. The summed E-state index contributed by atoms with van der Waals surface area (Å²) in [5.74, 6) is 0.647. The topological polar surface area (TPSA) is 29.1 Å². The van der Waals surface area contributed by atoms with Crippen molar-refractivity contribution in [2.24, 2.45) is 5.41 Å². The zero-order valence-electron chi connectivity index (χ0n) is 9.00. The molecule has 1 spiro atoms. The van der Waals surface area contributed by atoms with Crippen LogP contribution in [-0.4, -0.2) is 12.5 Å². The van der Waals surface area contributed by atoms with Gasteiger partial charge in [-0.2, -0.15) is 0 Å². The molecular formula is C13H14BrNO. The summed E-state index contributed by atoms with van der Waals surface area (Å²) in [5, 5.41) is 3.02. The van der Waals surface area contributed by atoms with Gasteiger partial charge in [0.15, 0.2) is 0 Å². The number of amides is 1. The maximum atomic E-state index is 11.9. The molecule has 1 aromatic carbocycles. The van der Waals surface area contributed by atoms with Crippen molar-refractivity contribution in [1.29, 1.82) is 0 Å². The number of halogens is 1. The Bertz CT molecular complexity index is 422. The largest absolute Gasteiger partial charge is 0.355 e. The van der Waals surface area contributed by atoms with Gasteiger partial charge in [-0.25, -0.2) is 0 Å². The third-order valence-corrected chi connectivity index (χ3v) is 4.63. The number of benzene rings is 1. The van der Waals surface area contributed by atoms with Crippen molar-refractivity contribution >= 4 is 21.8 Å². The van der Waals surface area contributed by atoms with Gasteiger partial charge in [0, 0.05) is 16.9 Å². The summed E-state index contributed by atoms with van der Waals surface area (Å²) in [7, 11) is 0. The summed E-state index contributed by atoms with van der Waals surface area (Å²) < 4.78 is 1.09. The minimum atomic E-state index is -0.0756. The Labute approximate surface area is 104 Å². The summed E-state index contributed by atoms with van der Waals surface area (Å²) in [5.41, 5.74) is 1.22. The molecule has 3 heteroatoms. The van der Waals surface area contributed by atoms with Gasteiger partial charge in [-0.3, -0.25) is 4.79 Å². The van der Waals surface area contributed by atoms with Crippen LogP contribution < -0.4 is 5.32 Å². The molecule has 84 valence electrons. The molecule has 2 aliphatic rings. The first-order valence-corrected chi connectivity index (χ1v) is 6.55. The SMILES string of the molecule is O=C1NCC(c2ccc(Br)cc2)C12CCC2. The van der Waals surface area contributed by atoms with Crippen molar-refractivity contribution in [3.8, 4) is 0 Å². The zero-order chi connectivity index (χ0) is 11.2. The minimum Gasteiger partial charge on any atom is -0.355 e. The number of rotatable bonds is 1. The lowest BCUT2D eigenvalue weighted by atomic mass is 9.61. The third kappa shape index (κ3) is 1.34. The zero-order valence-corrected chi connectivity index (χ0v) is 10.6. The normalized spacial score (nSPS) is 26.6. The van der Waals surface area contributed by atoms with E-state index in [1.807, 2.05) is 0 Å². The van der Waals surface area contributed by atoms with Crippen LogP contribution in [0.25, 0.3) is 0 Å². The predicted molar refractivity (Wildman–Crippen MR) is 66.2 cm³/mol. The molecule has 1 atom stereocenters. The molecule has 0 aromatic heterocycles. The van der Waals surface area contributed by atoms with Gasteiger partial charge < -0.3 is 5.32 Å². The van der Waals surface area contributed by atoms with E-state index in [0.717, 1.165) is 23.9 Å². The maximum Gasteiger partial charge on any atom is 0.226 e. The molecule has 1 aliphatic heterocycles. The van der Waals surface area contributed by atoms with Crippen LogP contribution in [0.1, 0.15) is 30.7 Å². The number of nitrogens with one attached hydrogen (secondary N) is 1. The van der Waals surface area contributed by atoms with Crippen LogP contribution in [0.3, 0.4) is 0 Å².